The van der Waals surface area contributed by atoms with Gasteiger partial charge < -0.3 is 13.6 Å². The van der Waals surface area contributed by atoms with Crippen molar-refractivity contribution in [2.45, 2.75) is 147 Å². The molecule has 0 heterocycles. The Balaban J connectivity index is 1.97. The monoisotopic (exact) mass is 550 g/mol. The second-order valence-electron chi connectivity index (χ2n) is 15.4. The standard InChI is InChI=1S/C31H58O4Si2/c1-22-27-24(18-19-25(23-16-14-13-15-17-23)34-36(9,10)29(2,3)4)26(35-37(11,12)30(5,6)7)20-21-31(27,33-8)28(22)32/h18-19,22-27H,13-17,20-21H2,1-12H3/t22?,24-,25-,26+,27+,31+/m1/s1. The van der Waals surface area contributed by atoms with Crippen LogP contribution in [-0.4, -0.2) is 47.3 Å². The first-order valence-electron chi connectivity index (χ1n) is 15.0. The van der Waals surface area contributed by atoms with Crippen LogP contribution < -0.4 is 0 Å². The zero-order chi connectivity index (χ0) is 28.0. The Morgan fingerprint density at radius 2 is 1.49 bits per heavy atom. The molecule has 0 radical (unpaired) electrons. The van der Waals surface area contributed by atoms with Gasteiger partial charge in [0.1, 0.15) is 5.60 Å². The van der Waals surface area contributed by atoms with Crippen molar-refractivity contribution in [2.24, 2.45) is 23.7 Å². The van der Waals surface area contributed by atoms with Crippen LogP contribution in [0, 0.1) is 23.7 Å². The van der Waals surface area contributed by atoms with E-state index in [1.54, 1.807) is 7.11 Å². The van der Waals surface area contributed by atoms with Crippen molar-refractivity contribution in [1.82, 2.24) is 0 Å². The molecule has 4 nitrogen and oxygen atoms in total. The van der Waals surface area contributed by atoms with E-state index in [0.29, 0.717) is 5.92 Å². The molecule has 1 unspecified atom stereocenters. The number of fused-ring (bicyclic) bond motifs is 1. The Kier molecular flexibility index (Phi) is 9.25. The first kappa shape index (κ1) is 31.3. The minimum Gasteiger partial charge on any atom is -0.413 e. The lowest BCUT2D eigenvalue weighted by Gasteiger charge is -2.59. The molecule has 3 aliphatic rings. The van der Waals surface area contributed by atoms with Gasteiger partial charge in [0.15, 0.2) is 22.4 Å². The average molecular weight is 551 g/mol. The Bertz CT molecular complexity index is 831. The van der Waals surface area contributed by atoms with Crippen LogP contribution in [0.1, 0.15) is 93.4 Å². The minimum absolute atomic E-state index is 0.00913. The molecule has 0 aliphatic heterocycles. The van der Waals surface area contributed by atoms with Crippen LogP contribution in [-0.2, 0) is 18.4 Å². The van der Waals surface area contributed by atoms with E-state index in [-0.39, 0.29) is 45.8 Å². The van der Waals surface area contributed by atoms with Crippen LogP contribution in [0.4, 0.5) is 0 Å². The number of hydrogen-bond donors (Lipinski definition) is 0. The second kappa shape index (κ2) is 10.9. The van der Waals surface area contributed by atoms with E-state index in [4.69, 9.17) is 13.6 Å². The highest BCUT2D eigenvalue weighted by Crippen LogP contribution is 2.56. The third-order valence-electron chi connectivity index (χ3n) is 11.0. The molecule has 0 aromatic heterocycles. The summed E-state index contributed by atoms with van der Waals surface area (Å²) in [6.07, 6.45) is 13.2. The largest absolute Gasteiger partial charge is 0.413 e. The van der Waals surface area contributed by atoms with Crippen molar-refractivity contribution in [3.63, 3.8) is 0 Å². The van der Waals surface area contributed by atoms with Gasteiger partial charge in [0.2, 0.25) is 0 Å². The van der Waals surface area contributed by atoms with E-state index in [0.717, 1.165) is 12.8 Å². The fraction of sp³-hybridized carbons (Fsp3) is 0.903. The zero-order valence-corrected chi connectivity index (χ0v) is 28.2. The smallest absolute Gasteiger partial charge is 0.192 e. The van der Waals surface area contributed by atoms with Crippen LogP contribution in [0.25, 0.3) is 0 Å². The zero-order valence-electron chi connectivity index (χ0n) is 26.2. The van der Waals surface area contributed by atoms with Gasteiger partial charge in [0.25, 0.3) is 0 Å². The molecule has 0 saturated heterocycles. The lowest BCUT2D eigenvalue weighted by atomic mass is 9.50. The van der Waals surface area contributed by atoms with Crippen LogP contribution in [0.2, 0.25) is 36.3 Å². The average Bonchev–Trinajstić information content (AvgIpc) is 2.80. The molecule has 6 heteroatoms. The van der Waals surface area contributed by atoms with Gasteiger partial charge in [0.05, 0.1) is 12.2 Å². The summed E-state index contributed by atoms with van der Waals surface area (Å²) in [7, 11) is -2.17. The molecule has 0 aromatic carbocycles. The normalized spacial score (nSPS) is 33.4. The molecular formula is C31H58O4Si2. The van der Waals surface area contributed by atoms with Gasteiger partial charge in [-0.25, -0.2) is 0 Å². The molecule has 0 aromatic rings. The number of methoxy groups -OCH3 is 1. The summed E-state index contributed by atoms with van der Waals surface area (Å²) in [5.74, 6) is 1.21. The summed E-state index contributed by atoms with van der Waals surface area (Å²) in [5, 5.41) is 0.320. The maximum atomic E-state index is 13.1. The van der Waals surface area contributed by atoms with Gasteiger partial charge in [-0.3, -0.25) is 4.79 Å². The van der Waals surface area contributed by atoms with E-state index in [1.807, 2.05) is 0 Å². The summed E-state index contributed by atoms with van der Waals surface area (Å²) in [6.45, 7) is 25.5. The molecule has 214 valence electrons. The van der Waals surface area contributed by atoms with E-state index < -0.39 is 22.2 Å². The molecular weight excluding hydrogens is 493 g/mol. The molecule has 0 N–H and O–H groups in total. The first-order valence-corrected chi connectivity index (χ1v) is 20.8. The number of Topliss-reactive ketones (excluding diaryl/α,β-unsaturated/α-hetero) is 1. The molecule has 0 amide bonds. The summed E-state index contributed by atoms with van der Waals surface area (Å²) in [4.78, 5) is 13.1. The number of ether oxygens (including phenoxy) is 1. The van der Waals surface area contributed by atoms with Crippen molar-refractivity contribution < 1.29 is 18.4 Å². The molecule has 37 heavy (non-hydrogen) atoms. The number of hydrogen-bond acceptors (Lipinski definition) is 4. The Labute approximate surface area is 230 Å². The van der Waals surface area contributed by atoms with E-state index in [1.165, 1.54) is 32.1 Å². The van der Waals surface area contributed by atoms with E-state index in [9.17, 15) is 4.79 Å². The molecule has 3 fully saturated rings. The third-order valence-corrected chi connectivity index (χ3v) is 20.0. The number of carbonyl (C=O) groups excluding carboxylic acids is 1. The predicted molar refractivity (Wildman–Crippen MR) is 160 cm³/mol. The first-order chi connectivity index (χ1) is 16.9. The van der Waals surface area contributed by atoms with Crippen molar-refractivity contribution in [1.29, 1.82) is 0 Å². The Hall–Kier alpha value is -0.276. The summed E-state index contributed by atoms with van der Waals surface area (Å²) >= 11 is 0. The SMILES string of the molecule is CO[C@@]12CC[C@H](O[Si](C)(C)C(C)(C)C)[C@@H](C=C[C@@H](O[Si](C)(C)C(C)(C)C)C3CCCCC3)[C@@H]1C(C)C2=O. The van der Waals surface area contributed by atoms with Crippen molar-refractivity contribution in [3.8, 4) is 0 Å². The van der Waals surface area contributed by atoms with E-state index in [2.05, 4.69) is 86.8 Å². The number of ketones is 1. The summed E-state index contributed by atoms with van der Waals surface area (Å²) in [5.41, 5.74) is -0.637. The molecule has 0 bridgehead atoms. The van der Waals surface area contributed by atoms with Crippen molar-refractivity contribution in [3.05, 3.63) is 12.2 Å². The fourth-order valence-electron chi connectivity index (χ4n) is 6.52. The predicted octanol–water partition coefficient (Wildman–Crippen LogP) is 8.53. The van der Waals surface area contributed by atoms with E-state index >= 15 is 0 Å². The van der Waals surface area contributed by atoms with Gasteiger partial charge in [0, 0.05) is 24.9 Å². The number of carbonyl (C=O) groups is 1. The molecule has 3 aliphatic carbocycles. The van der Waals surface area contributed by atoms with Gasteiger partial charge in [-0.2, -0.15) is 0 Å². The molecule has 3 rings (SSSR count). The summed E-state index contributed by atoms with van der Waals surface area (Å²) in [6, 6.07) is 0. The summed E-state index contributed by atoms with van der Waals surface area (Å²) < 4.78 is 20.3. The third kappa shape index (κ3) is 6.08. The van der Waals surface area contributed by atoms with Crippen molar-refractivity contribution >= 4 is 22.4 Å². The van der Waals surface area contributed by atoms with Gasteiger partial charge in [-0.1, -0.05) is 79.9 Å². The van der Waals surface area contributed by atoms with Crippen LogP contribution in [0.15, 0.2) is 12.2 Å². The van der Waals surface area contributed by atoms with Gasteiger partial charge in [-0.05, 0) is 67.9 Å². The second-order valence-corrected chi connectivity index (χ2v) is 24.9. The maximum absolute atomic E-state index is 13.1. The Morgan fingerprint density at radius 3 is 2.00 bits per heavy atom. The quantitative estimate of drug-likeness (QED) is 0.224. The number of rotatable bonds is 8. The van der Waals surface area contributed by atoms with Crippen LogP contribution in [0.5, 0.6) is 0 Å². The van der Waals surface area contributed by atoms with Gasteiger partial charge in [-0.15, -0.1) is 0 Å². The van der Waals surface area contributed by atoms with Crippen LogP contribution in [0.3, 0.4) is 0 Å². The van der Waals surface area contributed by atoms with Crippen LogP contribution >= 0.6 is 0 Å². The molecule has 0 spiro atoms. The Morgan fingerprint density at radius 1 is 0.919 bits per heavy atom. The lowest BCUT2D eigenvalue weighted by molar-refractivity contribution is -0.205. The van der Waals surface area contributed by atoms with Gasteiger partial charge >= 0.3 is 0 Å². The topological polar surface area (TPSA) is 44.8 Å². The lowest BCUT2D eigenvalue weighted by Crippen LogP contribution is -2.70. The molecule has 6 atom stereocenters. The highest BCUT2D eigenvalue weighted by Gasteiger charge is 2.66. The maximum Gasteiger partial charge on any atom is 0.192 e. The highest BCUT2D eigenvalue weighted by atomic mass is 28.4. The fourth-order valence-corrected chi connectivity index (χ4v) is 9.21. The highest BCUT2D eigenvalue weighted by molar-refractivity contribution is 6.74. The molecule has 3 saturated carbocycles. The minimum atomic E-state index is -1.97. The van der Waals surface area contributed by atoms with Crippen molar-refractivity contribution in [2.75, 3.05) is 7.11 Å².